The lowest BCUT2D eigenvalue weighted by molar-refractivity contribution is 0.304. The summed E-state index contributed by atoms with van der Waals surface area (Å²) in [5, 5.41) is 30.8. The van der Waals surface area contributed by atoms with Crippen LogP contribution in [0.25, 0.3) is 22.3 Å². The Bertz CT molecular complexity index is 2740. The molecule has 63 heavy (non-hydrogen) atoms. The van der Waals surface area contributed by atoms with Crippen LogP contribution in [0.3, 0.4) is 0 Å². The van der Waals surface area contributed by atoms with Gasteiger partial charge in [-0.05, 0) is 126 Å². The van der Waals surface area contributed by atoms with E-state index in [1.165, 1.54) is 51.4 Å². The van der Waals surface area contributed by atoms with Crippen LogP contribution in [-0.2, 0) is 0 Å². The standard InChI is InChI=1S/C55H50N4O4/c1-2-3-4-5-6-7-8-9-10-35-63-43-25-17-39(18-26-43)55-50-33-31-48(58-50)53(37-13-21-41(61)22-14-37)46-29-27-44(56-46)52(36-11-19-40(60)20-12-36)45-28-30-47(57-45)54(49-32-34-51(55)59-49)38-15-23-42(62)24-16-38/h11-34,60-62H,2-10,35H2,1H3. The van der Waals surface area contributed by atoms with Crippen LogP contribution < -0.4 is 4.74 Å². The van der Waals surface area contributed by atoms with Crippen molar-refractivity contribution in [1.29, 1.82) is 0 Å². The summed E-state index contributed by atoms with van der Waals surface area (Å²) in [7, 11) is 0. The third kappa shape index (κ3) is 9.16. The summed E-state index contributed by atoms with van der Waals surface area (Å²) >= 11 is 0. The molecule has 8 heteroatoms. The van der Waals surface area contributed by atoms with Crippen molar-refractivity contribution in [3.8, 4) is 23.0 Å². The first-order valence-corrected chi connectivity index (χ1v) is 22.1. The van der Waals surface area contributed by atoms with E-state index in [1.54, 1.807) is 36.4 Å². The van der Waals surface area contributed by atoms with E-state index in [2.05, 4.69) is 19.1 Å². The summed E-state index contributed by atoms with van der Waals surface area (Å²) < 4.78 is 6.23. The van der Waals surface area contributed by atoms with E-state index in [9.17, 15) is 15.3 Å². The van der Waals surface area contributed by atoms with Gasteiger partial charge in [0.2, 0.25) is 0 Å². The number of aromatic hydroxyl groups is 3. The van der Waals surface area contributed by atoms with E-state index < -0.39 is 0 Å². The number of benzene rings is 4. The van der Waals surface area contributed by atoms with Crippen LogP contribution >= 0.6 is 0 Å². The average Bonchev–Trinajstić information content (AvgIpc) is 4.15. The molecular weight excluding hydrogens is 781 g/mol. The zero-order valence-corrected chi connectivity index (χ0v) is 35.5. The molecule has 5 aliphatic rings. The van der Waals surface area contributed by atoms with Gasteiger partial charge >= 0.3 is 0 Å². The van der Waals surface area contributed by atoms with Crippen LogP contribution in [0.2, 0.25) is 0 Å². The maximum Gasteiger partial charge on any atom is 0.119 e. The highest BCUT2D eigenvalue weighted by molar-refractivity contribution is 6.39. The summed E-state index contributed by atoms with van der Waals surface area (Å²) in [4.78, 5) is 21.2. The summed E-state index contributed by atoms with van der Waals surface area (Å²) in [6.07, 6.45) is 27.4. The number of unbranched alkanes of at least 4 members (excludes halogenated alkanes) is 8. The van der Waals surface area contributed by atoms with Gasteiger partial charge in [-0.2, -0.15) is 0 Å². The van der Waals surface area contributed by atoms with Crippen molar-refractivity contribution in [2.45, 2.75) is 64.7 Å². The van der Waals surface area contributed by atoms with Crippen LogP contribution in [0.15, 0.2) is 188 Å². The first kappa shape index (κ1) is 41.1. The second kappa shape index (κ2) is 18.7. The molecule has 0 unspecified atom stereocenters. The molecule has 0 aromatic heterocycles. The van der Waals surface area contributed by atoms with Gasteiger partial charge in [0.15, 0.2) is 0 Å². The van der Waals surface area contributed by atoms with Crippen molar-refractivity contribution in [2.24, 2.45) is 20.0 Å². The highest BCUT2D eigenvalue weighted by atomic mass is 16.5. The molecule has 0 amide bonds. The molecule has 0 saturated heterocycles. The fourth-order valence-corrected chi connectivity index (χ4v) is 8.48. The SMILES string of the molecule is CCCCCCCCCCCOc1ccc(C2=C3C=CC(=N3)C(c3ccc(O)cc3)=C3C=CC(=N3)C(c3ccc(O)cc3)=C3C=CC(=N3)C(c3ccc(O)cc3)=C3C=CC2=N3)cc1. The highest BCUT2D eigenvalue weighted by Crippen LogP contribution is 2.39. The van der Waals surface area contributed by atoms with Crippen molar-refractivity contribution in [3.05, 3.63) is 191 Å². The molecule has 8 nitrogen and oxygen atoms in total. The van der Waals surface area contributed by atoms with Crippen molar-refractivity contribution < 1.29 is 20.1 Å². The number of hydrogen-bond acceptors (Lipinski definition) is 8. The molecule has 3 N–H and O–H groups in total. The molecule has 4 aromatic rings. The van der Waals surface area contributed by atoms with Crippen LogP contribution in [0.5, 0.6) is 23.0 Å². The zero-order chi connectivity index (χ0) is 43.1. The Balaban J connectivity index is 1.15. The van der Waals surface area contributed by atoms with E-state index in [-0.39, 0.29) is 17.2 Å². The Hall–Kier alpha value is -7.32. The van der Waals surface area contributed by atoms with Crippen LogP contribution in [0.4, 0.5) is 0 Å². The first-order chi connectivity index (χ1) is 30.9. The largest absolute Gasteiger partial charge is 0.508 e. The Kier molecular flexibility index (Phi) is 12.2. The molecule has 8 bridgehead atoms. The minimum atomic E-state index is 0.159. The number of rotatable bonds is 15. The second-order valence-electron chi connectivity index (χ2n) is 16.2. The minimum Gasteiger partial charge on any atom is -0.508 e. The molecule has 0 radical (unpaired) electrons. The molecule has 0 atom stereocenters. The molecular formula is C55H50N4O4. The Morgan fingerprint density at radius 2 is 0.635 bits per heavy atom. The van der Waals surface area contributed by atoms with Gasteiger partial charge in [-0.25, -0.2) is 20.0 Å². The molecule has 9 rings (SSSR count). The summed E-state index contributed by atoms with van der Waals surface area (Å²) in [5.74, 6) is 1.31. The normalized spacial score (nSPS) is 16.4. The minimum absolute atomic E-state index is 0.159. The number of fused-ring (bicyclic) bond motifs is 4. The predicted octanol–water partition coefficient (Wildman–Crippen LogP) is 12.7. The van der Waals surface area contributed by atoms with E-state index >= 15 is 0 Å². The Morgan fingerprint density at radius 3 is 0.952 bits per heavy atom. The second-order valence-corrected chi connectivity index (χ2v) is 16.2. The molecule has 0 aliphatic carbocycles. The number of phenolic OH excluding ortho intramolecular Hbond substituents is 3. The number of aliphatic imine (C=N–C) groups is 4. The monoisotopic (exact) mass is 830 g/mol. The van der Waals surface area contributed by atoms with E-state index in [1.807, 2.05) is 97.1 Å². The predicted molar refractivity (Wildman–Crippen MR) is 257 cm³/mol. The van der Waals surface area contributed by atoms with Crippen LogP contribution in [0.1, 0.15) is 87.0 Å². The molecule has 5 heterocycles. The number of allylic oxidation sites excluding steroid dienone is 12. The Labute approximate surface area is 368 Å². The van der Waals surface area contributed by atoms with Gasteiger partial charge in [-0.1, -0.05) is 107 Å². The molecule has 0 saturated carbocycles. The number of phenols is 3. The third-order valence-corrected chi connectivity index (χ3v) is 11.7. The number of ether oxygens (including phenoxy) is 1. The molecule has 4 aromatic carbocycles. The molecule has 314 valence electrons. The third-order valence-electron chi connectivity index (χ3n) is 11.7. The Morgan fingerprint density at radius 1 is 0.349 bits per heavy atom. The van der Waals surface area contributed by atoms with Crippen LogP contribution in [-0.4, -0.2) is 44.8 Å². The molecule has 5 aliphatic heterocycles. The maximum atomic E-state index is 10.3. The molecule has 0 fully saturated rings. The summed E-state index contributed by atoms with van der Waals surface area (Å²) in [5.41, 5.74) is 12.4. The maximum absolute atomic E-state index is 10.3. The van der Waals surface area contributed by atoms with Gasteiger partial charge in [0.25, 0.3) is 0 Å². The highest BCUT2D eigenvalue weighted by Gasteiger charge is 2.28. The van der Waals surface area contributed by atoms with Crippen molar-refractivity contribution in [1.82, 2.24) is 0 Å². The number of hydrogen-bond donors (Lipinski definition) is 3. The van der Waals surface area contributed by atoms with E-state index in [0.717, 1.165) is 68.1 Å². The van der Waals surface area contributed by atoms with Gasteiger partial charge < -0.3 is 20.1 Å². The van der Waals surface area contributed by atoms with Crippen LogP contribution in [0, 0.1) is 0 Å². The smallest absolute Gasteiger partial charge is 0.119 e. The summed E-state index contributed by atoms with van der Waals surface area (Å²) in [6.45, 7) is 2.94. The van der Waals surface area contributed by atoms with Crippen molar-refractivity contribution in [3.63, 3.8) is 0 Å². The fourth-order valence-electron chi connectivity index (χ4n) is 8.48. The number of nitrogens with zero attached hydrogens (tertiary/aromatic N) is 4. The molecule has 0 spiro atoms. The topological polar surface area (TPSA) is 119 Å². The average molecular weight is 831 g/mol. The van der Waals surface area contributed by atoms with Gasteiger partial charge in [-0.3, -0.25) is 0 Å². The van der Waals surface area contributed by atoms with Crippen molar-refractivity contribution in [2.75, 3.05) is 6.61 Å². The lowest BCUT2D eigenvalue weighted by Gasteiger charge is -2.13. The lowest BCUT2D eigenvalue weighted by Crippen LogP contribution is -2.04. The zero-order valence-electron chi connectivity index (χ0n) is 35.5. The fraction of sp³-hybridized carbons (Fsp3) is 0.200. The first-order valence-electron chi connectivity index (χ1n) is 22.1. The van der Waals surface area contributed by atoms with Gasteiger partial charge in [0.1, 0.15) is 23.0 Å². The van der Waals surface area contributed by atoms with Gasteiger partial charge in [-0.15, -0.1) is 0 Å². The van der Waals surface area contributed by atoms with E-state index in [0.29, 0.717) is 40.8 Å². The van der Waals surface area contributed by atoms with Gasteiger partial charge in [0.05, 0.1) is 52.2 Å². The lowest BCUT2D eigenvalue weighted by atomic mass is 9.98. The summed E-state index contributed by atoms with van der Waals surface area (Å²) in [6, 6.07) is 29.5. The van der Waals surface area contributed by atoms with E-state index in [4.69, 9.17) is 24.7 Å². The quantitative estimate of drug-likeness (QED) is 0.103. The van der Waals surface area contributed by atoms with Gasteiger partial charge in [0, 0.05) is 22.3 Å². The van der Waals surface area contributed by atoms with Crippen molar-refractivity contribution >= 4 is 45.1 Å².